The first-order valence-electron chi connectivity index (χ1n) is 12.0. The Morgan fingerprint density at radius 2 is 2.03 bits per heavy atom. The third-order valence-electron chi connectivity index (χ3n) is 7.25. The summed E-state index contributed by atoms with van der Waals surface area (Å²) in [5, 5.41) is 16.5. The van der Waals surface area contributed by atoms with Crippen LogP contribution in [-0.2, 0) is 19.6 Å². The molecule has 10 nitrogen and oxygen atoms in total. The largest absolute Gasteiger partial charge is 0.619 e. The van der Waals surface area contributed by atoms with Gasteiger partial charge in [0.05, 0.1) is 17.5 Å². The summed E-state index contributed by atoms with van der Waals surface area (Å²) in [5.41, 5.74) is 0. The third-order valence-corrected chi connectivity index (χ3v) is 11.2. The molecule has 194 valence electrons. The molecule has 3 unspecified atom stereocenters. The Hall–Kier alpha value is -2.87. The van der Waals surface area contributed by atoms with Crippen LogP contribution >= 0.6 is 22.7 Å². The first kappa shape index (κ1) is 24.5. The van der Waals surface area contributed by atoms with Gasteiger partial charge in [0, 0.05) is 22.0 Å². The topological polar surface area (TPSA) is 131 Å². The number of ketones is 1. The number of carbonyl (C=O) groups is 3. The first-order valence-corrected chi connectivity index (χ1v) is 15.2. The van der Waals surface area contributed by atoms with Gasteiger partial charge in [-0.15, -0.1) is 22.7 Å². The van der Waals surface area contributed by atoms with Gasteiger partial charge in [-0.25, -0.2) is 8.42 Å². The normalized spacial score (nSPS) is 22.9. The number of Topliss-reactive ketones (excluding diaryl/α,β-unsaturated/α-hetero) is 1. The molecule has 3 aliphatic rings. The summed E-state index contributed by atoms with van der Waals surface area (Å²) in [6.45, 7) is -0.144. The van der Waals surface area contributed by atoms with E-state index in [9.17, 15) is 28.0 Å². The second-order valence-electron chi connectivity index (χ2n) is 9.71. The summed E-state index contributed by atoms with van der Waals surface area (Å²) in [7, 11) is -4.10. The summed E-state index contributed by atoms with van der Waals surface area (Å²) in [6, 6.07) is 4.03. The molecular weight excluding hydrogens is 536 g/mol. The van der Waals surface area contributed by atoms with Crippen molar-refractivity contribution in [1.29, 1.82) is 0 Å². The minimum Gasteiger partial charge on any atom is -0.619 e. The van der Waals surface area contributed by atoms with E-state index in [1.165, 1.54) is 34.6 Å². The summed E-state index contributed by atoms with van der Waals surface area (Å²) < 4.78 is 30.0. The monoisotopic (exact) mass is 560 g/mol. The highest BCUT2D eigenvalue weighted by atomic mass is 32.2. The number of amides is 2. The molecule has 3 fully saturated rings. The highest BCUT2D eigenvalue weighted by Crippen LogP contribution is 2.37. The Balaban J connectivity index is 1.22. The molecule has 0 bridgehead atoms. The predicted octanol–water partition coefficient (Wildman–Crippen LogP) is 1.74. The van der Waals surface area contributed by atoms with Crippen molar-refractivity contribution in [2.45, 2.75) is 48.7 Å². The van der Waals surface area contributed by atoms with Crippen LogP contribution in [0.25, 0.3) is 9.40 Å². The number of carbonyl (C=O) groups excluding carboxylic acids is 3. The van der Waals surface area contributed by atoms with E-state index < -0.39 is 28.1 Å². The predicted molar refractivity (Wildman–Crippen MR) is 137 cm³/mol. The number of nitrogens with zero attached hydrogens (tertiary/aromatic N) is 3. The van der Waals surface area contributed by atoms with Crippen molar-refractivity contribution in [3.8, 4) is 0 Å². The number of sulfonamides is 1. The maximum Gasteiger partial charge on any atom is 0.262 e. The van der Waals surface area contributed by atoms with Gasteiger partial charge < -0.3 is 15.4 Å². The molecule has 5 heterocycles. The molecule has 0 aromatic carbocycles. The van der Waals surface area contributed by atoms with E-state index >= 15 is 0 Å². The molecule has 0 radical (unpaired) electrons. The summed E-state index contributed by atoms with van der Waals surface area (Å²) in [5.74, 6) is -0.691. The van der Waals surface area contributed by atoms with E-state index in [0.717, 1.165) is 32.7 Å². The van der Waals surface area contributed by atoms with Crippen LogP contribution in [-0.4, -0.2) is 66.4 Å². The van der Waals surface area contributed by atoms with Gasteiger partial charge in [0.2, 0.25) is 15.9 Å². The van der Waals surface area contributed by atoms with Crippen molar-refractivity contribution in [2.24, 2.45) is 5.92 Å². The Labute approximate surface area is 221 Å². The average molecular weight is 561 g/mol. The minimum absolute atomic E-state index is 0.196. The maximum atomic E-state index is 13.7. The van der Waals surface area contributed by atoms with Crippen molar-refractivity contribution in [3.63, 3.8) is 0 Å². The smallest absolute Gasteiger partial charge is 0.262 e. The number of thiophene rings is 2. The highest BCUT2D eigenvalue weighted by molar-refractivity contribution is 7.89. The molecule has 13 heteroatoms. The van der Waals surface area contributed by atoms with Gasteiger partial charge in [-0.1, -0.05) is 12.8 Å². The standard InChI is InChI=1S/C24H24N4O6S3/c29-18-13-28(37(33,34)15-2-1-7-26(32)12-15)17-5-8-27(22(17)18)24(31)16(10-14-3-4-14)25-23(30)21-11-20-19(36-21)6-9-35-20/h1-2,6-7,9,11-12,14,16-17,22H,3-5,8,10,13H2,(H,25,30). The lowest BCUT2D eigenvalue weighted by atomic mass is 10.1. The van der Waals surface area contributed by atoms with E-state index in [4.69, 9.17) is 0 Å². The Kier molecular flexibility index (Phi) is 6.05. The molecule has 2 aliphatic heterocycles. The summed E-state index contributed by atoms with van der Waals surface area (Å²) in [6.07, 6.45) is 4.91. The number of aromatic nitrogens is 1. The van der Waals surface area contributed by atoms with Crippen molar-refractivity contribution in [2.75, 3.05) is 13.1 Å². The molecule has 3 aromatic rings. The molecule has 1 aliphatic carbocycles. The van der Waals surface area contributed by atoms with Crippen LogP contribution in [0.5, 0.6) is 0 Å². The zero-order valence-corrected chi connectivity index (χ0v) is 22.1. The Morgan fingerprint density at radius 1 is 1.22 bits per heavy atom. The average Bonchev–Trinajstić information content (AvgIpc) is 3.20. The molecule has 37 heavy (non-hydrogen) atoms. The number of likely N-dealkylation sites (tertiary alicyclic amines) is 1. The van der Waals surface area contributed by atoms with E-state index in [-0.39, 0.29) is 35.6 Å². The van der Waals surface area contributed by atoms with Crippen molar-refractivity contribution >= 4 is 59.7 Å². The van der Waals surface area contributed by atoms with Crippen LogP contribution in [0.1, 0.15) is 35.4 Å². The minimum atomic E-state index is -4.10. The lowest BCUT2D eigenvalue weighted by Crippen LogP contribution is -2.52. The lowest BCUT2D eigenvalue weighted by Gasteiger charge is -2.28. The fourth-order valence-corrected chi connectivity index (χ4v) is 8.92. The number of rotatable bonds is 7. The molecule has 2 saturated heterocycles. The quantitative estimate of drug-likeness (QED) is 0.346. The fourth-order valence-electron chi connectivity index (χ4n) is 5.28. The number of fused-ring (bicyclic) bond motifs is 2. The summed E-state index contributed by atoms with van der Waals surface area (Å²) >= 11 is 2.92. The van der Waals surface area contributed by atoms with E-state index in [1.807, 2.05) is 17.5 Å². The number of nitrogens with one attached hydrogen (secondary N) is 1. The zero-order chi connectivity index (χ0) is 25.9. The second kappa shape index (κ2) is 9.15. The van der Waals surface area contributed by atoms with Gasteiger partial charge in [-0.2, -0.15) is 9.04 Å². The van der Waals surface area contributed by atoms with E-state index in [1.54, 1.807) is 11.3 Å². The van der Waals surface area contributed by atoms with Crippen LogP contribution in [0.2, 0.25) is 0 Å². The third kappa shape index (κ3) is 4.43. The van der Waals surface area contributed by atoms with Crippen molar-refractivity contribution in [1.82, 2.24) is 14.5 Å². The SMILES string of the molecule is O=C(NC(CC1CC1)C(=O)N1CCC2C1C(=O)CN2S(=O)(=O)c1ccc[n+]([O-])c1)c1cc2sccc2s1. The van der Waals surface area contributed by atoms with Gasteiger partial charge in [-0.3, -0.25) is 14.4 Å². The van der Waals surface area contributed by atoms with Crippen molar-refractivity contribution < 1.29 is 27.5 Å². The fraction of sp³-hybridized carbons (Fsp3) is 0.417. The van der Waals surface area contributed by atoms with Crippen LogP contribution in [0, 0.1) is 11.1 Å². The molecular formula is C24H24N4O6S3. The first-order chi connectivity index (χ1) is 17.7. The molecule has 0 spiro atoms. The van der Waals surface area contributed by atoms with Crippen LogP contribution < -0.4 is 10.0 Å². The molecule has 3 atom stereocenters. The molecule has 1 N–H and O–H groups in total. The van der Waals surface area contributed by atoms with Crippen LogP contribution in [0.15, 0.2) is 46.9 Å². The number of pyridine rings is 1. The van der Waals surface area contributed by atoms with Crippen molar-refractivity contribution in [3.05, 3.63) is 52.1 Å². The Morgan fingerprint density at radius 3 is 2.76 bits per heavy atom. The molecule has 2 amide bonds. The van der Waals surface area contributed by atoms with E-state index in [0.29, 0.717) is 28.4 Å². The molecule has 3 aromatic heterocycles. The highest BCUT2D eigenvalue weighted by Gasteiger charge is 2.54. The second-order valence-corrected chi connectivity index (χ2v) is 13.6. The van der Waals surface area contributed by atoms with Crippen LogP contribution in [0.3, 0.4) is 0 Å². The molecule has 6 rings (SSSR count). The van der Waals surface area contributed by atoms with E-state index in [2.05, 4.69) is 5.32 Å². The molecule has 1 saturated carbocycles. The van der Waals surface area contributed by atoms with Gasteiger partial charge in [0.25, 0.3) is 5.91 Å². The zero-order valence-electron chi connectivity index (χ0n) is 19.6. The van der Waals surface area contributed by atoms with Gasteiger partial charge >= 0.3 is 0 Å². The number of hydrogen-bond acceptors (Lipinski definition) is 8. The number of hydrogen-bond donors (Lipinski definition) is 1. The van der Waals surface area contributed by atoms with Crippen LogP contribution in [0.4, 0.5) is 0 Å². The Bertz CT molecular complexity index is 1480. The lowest BCUT2D eigenvalue weighted by molar-refractivity contribution is -0.607. The maximum absolute atomic E-state index is 13.7. The van der Waals surface area contributed by atoms with Gasteiger partial charge in [0.15, 0.2) is 18.2 Å². The van der Waals surface area contributed by atoms with Gasteiger partial charge in [0.1, 0.15) is 17.0 Å². The summed E-state index contributed by atoms with van der Waals surface area (Å²) in [4.78, 5) is 41.6. The van der Waals surface area contributed by atoms with Gasteiger partial charge in [-0.05, 0) is 42.3 Å².